The molecule has 1 N–H and O–H groups in total. The molecule has 28 heavy (non-hydrogen) atoms. The van der Waals surface area contributed by atoms with Crippen molar-refractivity contribution in [2.24, 2.45) is 0 Å². The lowest BCUT2D eigenvalue weighted by atomic mass is 9.91. The minimum absolute atomic E-state index is 0.167. The molecule has 0 spiro atoms. The number of aliphatic carboxylic acids is 1. The standard InChI is InChI=1S/C21H20ClNO5/c1-27-21-16(22)5-4-15-19(21)23(11-18(24)25)17-10-13(2-3-14(17)20(15)26)12-6-8-28-9-7-12/h2-5,10,12H,6-9,11H2,1H3,(H,24,25). The minimum atomic E-state index is -1.01. The van der Waals surface area contributed by atoms with Crippen molar-refractivity contribution in [1.29, 1.82) is 0 Å². The molecular weight excluding hydrogens is 382 g/mol. The summed E-state index contributed by atoms with van der Waals surface area (Å²) in [5.74, 6) is -0.385. The summed E-state index contributed by atoms with van der Waals surface area (Å²) in [5.41, 5.74) is 1.89. The van der Waals surface area contributed by atoms with Gasteiger partial charge in [-0.1, -0.05) is 17.7 Å². The largest absolute Gasteiger partial charge is 0.493 e. The van der Waals surface area contributed by atoms with Gasteiger partial charge in [-0.15, -0.1) is 0 Å². The van der Waals surface area contributed by atoms with Gasteiger partial charge >= 0.3 is 5.97 Å². The van der Waals surface area contributed by atoms with Crippen LogP contribution in [-0.4, -0.2) is 36.0 Å². The number of fused-ring (bicyclic) bond motifs is 2. The number of carbonyl (C=O) groups is 1. The number of hydrogen-bond acceptors (Lipinski definition) is 4. The molecule has 0 unspecified atom stereocenters. The summed E-state index contributed by atoms with van der Waals surface area (Å²) in [4.78, 5) is 24.7. The Morgan fingerprint density at radius 3 is 2.64 bits per heavy atom. The van der Waals surface area contributed by atoms with E-state index in [1.165, 1.54) is 7.11 Å². The Balaban J connectivity index is 2.08. The molecule has 0 aliphatic carbocycles. The molecule has 3 aromatic rings. The predicted octanol–water partition coefficient (Wildman–Crippen LogP) is 3.80. The van der Waals surface area contributed by atoms with Crippen LogP contribution in [0.1, 0.15) is 24.3 Å². The van der Waals surface area contributed by atoms with E-state index in [2.05, 4.69) is 0 Å². The second-order valence-corrected chi connectivity index (χ2v) is 7.36. The van der Waals surface area contributed by atoms with Crippen LogP contribution >= 0.6 is 11.6 Å². The van der Waals surface area contributed by atoms with Gasteiger partial charge in [-0.2, -0.15) is 0 Å². The van der Waals surface area contributed by atoms with Crippen molar-refractivity contribution in [3.63, 3.8) is 0 Å². The van der Waals surface area contributed by atoms with Gasteiger partial charge in [-0.05, 0) is 48.6 Å². The number of hydrogen-bond donors (Lipinski definition) is 1. The van der Waals surface area contributed by atoms with Gasteiger partial charge in [0.1, 0.15) is 6.54 Å². The molecule has 0 bridgehead atoms. The number of carboxylic acid groups (broad SMARTS) is 1. The normalized spacial score (nSPS) is 15.2. The first kappa shape index (κ1) is 18.8. The number of benzene rings is 2. The second-order valence-electron chi connectivity index (χ2n) is 6.95. The Bertz CT molecular complexity index is 1130. The molecule has 2 heterocycles. The lowest BCUT2D eigenvalue weighted by Crippen LogP contribution is -2.18. The SMILES string of the molecule is COc1c(Cl)ccc2c(=O)c3ccc(C4CCOCC4)cc3n(CC(=O)O)c12. The first-order chi connectivity index (χ1) is 13.5. The van der Waals surface area contributed by atoms with Crippen molar-refractivity contribution in [3.05, 3.63) is 51.1 Å². The average molecular weight is 402 g/mol. The predicted molar refractivity (Wildman–Crippen MR) is 108 cm³/mol. The number of pyridine rings is 1. The zero-order valence-corrected chi connectivity index (χ0v) is 16.2. The van der Waals surface area contributed by atoms with Gasteiger partial charge in [0.2, 0.25) is 0 Å². The summed E-state index contributed by atoms with van der Waals surface area (Å²) in [6, 6.07) is 8.89. The van der Waals surface area contributed by atoms with Crippen LogP contribution in [0.4, 0.5) is 0 Å². The van der Waals surface area contributed by atoms with Gasteiger partial charge in [0.05, 0.1) is 28.6 Å². The molecule has 1 aliphatic heterocycles. The second kappa shape index (κ2) is 7.45. The van der Waals surface area contributed by atoms with Crippen LogP contribution in [0.5, 0.6) is 5.75 Å². The van der Waals surface area contributed by atoms with E-state index in [1.54, 1.807) is 22.8 Å². The third-order valence-corrected chi connectivity index (χ3v) is 5.64. The van der Waals surface area contributed by atoms with Gasteiger partial charge in [-0.25, -0.2) is 0 Å². The molecule has 0 atom stereocenters. The summed E-state index contributed by atoms with van der Waals surface area (Å²) in [6.07, 6.45) is 1.80. The van der Waals surface area contributed by atoms with Gasteiger partial charge in [0, 0.05) is 18.6 Å². The Hall–Kier alpha value is -2.57. The maximum atomic E-state index is 13.1. The fourth-order valence-corrected chi connectivity index (χ4v) is 4.24. The molecular formula is C21H20ClNO5. The fraction of sp³-hybridized carbons (Fsp3) is 0.333. The molecule has 1 saturated heterocycles. The number of ether oxygens (including phenoxy) is 2. The van der Waals surface area contributed by atoms with Crippen molar-refractivity contribution >= 4 is 39.4 Å². The fourth-order valence-electron chi connectivity index (χ4n) is 4.01. The maximum absolute atomic E-state index is 13.1. The maximum Gasteiger partial charge on any atom is 0.323 e. The number of nitrogens with zero attached hydrogens (tertiary/aromatic N) is 1. The van der Waals surface area contributed by atoms with Crippen molar-refractivity contribution in [1.82, 2.24) is 4.57 Å². The van der Waals surface area contributed by atoms with E-state index in [9.17, 15) is 14.7 Å². The third-order valence-electron chi connectivity index (χ3n) is 5.35. The van der Waals surface area contributed by atoms with Gasteiger partial charge < -0.3 is 19.1 Å². The molecule has 0 saturated carbocycles. The molecule has 1 aromatic heterocycles. The van der Waals surface area contributed by atoms with Crippen LogP contribution in [0.25, 0.3) is 21.8 Å². The monoisotopic (exact) mass is 401 g/mol. The molecule has 6 nitrogen and oxygen atoms in total. The van der Waals surface area contributed by atoms with E-state index in [0.717, 1.165) is 18.4 Å². The van der Waals surface area contributed by atoms with Crippen molar-refractivity contribution in [2.45, 2.75) is 25.3 Å². The zero-order valence-electron chi connectivity index (χ0n) is 15.4. The van der Waals surface area contributed by atoms with E-state index in [1.807, 2.05) is 12.1 Å². The molecule has 2 aromatic carbocycles. The first-order valence-electron chi connectivity index (χ1n) is 9.13. The Morgan fingerprint density at radius 1 is 1.25 bits per heavy atom. The first-order valence-corrected chi connectivity index (χ1v) is 9.51. The highest BCUT2D eigenvalue weighted by molar-refractivity contribution is 6.33. The van der Waals surface area contributed by atoms with E-state index in [0.29, 0.717) is 51.7 Å². The van der Waals surface area contributed by atoms with E-state index >= 15 is 0 Å². The highest BCUT2D eigenvalue weighted by atomic mass is 35.5. The Morgan fingerprint density at radius 2 is 1.96 bits per heavy atom. The van der Waals surface area contributed by atoms with Crippen LogP contribution < -0.4 is 10.2 Å². The summed E-state index contributed by atoms with van der Waals surface area (Å²) >= 11 is 6.27. The molecule has 0 amide bonds. The summed E-state index contributed by atoms with van der Waals surface area (Å²) < 4.78 is 12.5. The van der Waals surface area contributed by atoms with Gasteiger partial charge in [0.15, 0.2) is 11.2 Å². The van der Waals surface area contributed by atoms with Crippen LogP contribution in [0.15, 0.2) is 35.1 Å². The molecule has 1 aliphatic rings. The number of carboxylic acids is 1. The lowest BCUT2D eigenvalue weighted by molar-refractivity contribution is -0.137. The van der Waals surface area contributed by atoms with Crippen molar-refractivity contribution < 1.29 is 19.4 Å². The topological polar surface area (TPSA) is 77.8 Å². The summed E-state index contributed by atoms with van der Waals surface area (Å²) in [5, 5.41) is 10.7. The Labute approximate surface area is 166 Å². The van der Waals surface area contributed by atoms with Crippen LogP contribution in [0.3, 0.4) is 0 Å². The third kappa shape index (κ3) is 3.12. The molecule has 0 radical (unpaired) electrons. The van der Waals surface area contributed by atoms with E-state index < -0.39 is 5.97 Å². The van der Waals surface area contributed by atoms with Crippen molar-refractivity contribution in [2.75, 3.05) is 20.3 Å². The van der Waals surface area contributed by atoms with Crippen molar-refractivity contribution in [3.8, 4) is 5.75 Å². The van der Waals surface area contributed by atoms with E-state index in [4.69, 9.17) is 21.1 Å². The molecule has 4 rings (SSSR count). The van der Waals surface area contributed by atoms with Crippen LogP contribution in [-0.2, 0) is 16.1 Å². The smallest absolute Gasteiger partial charge is 0.323 e. The molecule has 7 heteroatoms. The van der Waals surface area contributed by atoms with Gasteiger partial charge in [0.25, 0.3) is 0 Å². The number of methoxy groups -OCH3 is 1. The highest BCUT2D eigenvalue weighted by Crippen LogP contribution is 2.35. The lowest BCUT2D eigenvalue weighted by Gasteiger charge is -2.23. The van der Waals surface area contributed by atoms with Crippen LogP contribution in [0, 0.1) is 0 Å². The average Bonchev–Trinajstić information content (AvgIpc) is 2.71. The van der Waals surface area contributed by atoms with Gasteiger partial charge in [-0.3, -0.25) is 9.59 Å². The highest BCUT2D eigenvalue weighted by Gasteiger charge is 2.21. The number of aromatic nitrogens is 1. The summed E-state index contributed by atoms with van der Waals surface area (Å²) in [7, 11) is 1.46. The zero-order chi connectivity index (χ0) is 19.8. The summed E-state index contributed by atoms with van der Waals surface area (Å²) in [6.45, 7) is 1.10. The number of rotatable bonds is 4. The molecule has 146 valence electrons. The van der Waals surface area contributed by atoms with E-state index in [-0.39, 0.29) is 12.0 Å². The Kier molecular flexibility index (Phi) is 5.00. The van der Waals surface area contributed by atoms with Crippen LogP contribution in [0.2, 0.25) is 5.02 Å². The number of halogens is 1. The molecule has 1 fully saturated rings. The minimum Gasteiger partial charge on any atom is -0.493 e. The quantitative estimate of drug-likeness (QED) is 0.673.